The number of aliphatic hydroxyl groups excluding tert-OH is 1. The summed E-state index contributed by atoms with van der Waals surface area (Å²) in [7, 11) is 0. The molecule has 0 rings (SSSR count). The summed E-state index contributed by atoms with van der Waals surface area (Å²) in [5.41, 5.74) is 1.93. The van der Waals surface area contributed by atoms with E-state index in [1.807, 2.05) is 5.48 Å². The second-order valence-electron chi connectivity index (χ2n) is 0.928. The highest BCUT2D eigenvalue weighted by atomic mass is 16.7. The fraction of sp³-hybridized carbons (Fsp3) is 0.250. The molecule has 2 N–H and O–H groups in total. The molecule has 0 spiro atoms. The Bertz CT molecular complexity index is 91.3. The molecule has 0 amide bonds. The summed E-state index contributed by atoms with van der Waals surface area (Å²) in [6.45, 7) is 2.73. The zero-order valence-electron chi connectivity index (χ0n) is 4.26. The lowest BCUT2D eigenvalue weighted by Gasteiger charge is -1.95. The van der Waals surface area contributed by atoms with Crippen LogP contribution in [-0.4, -0.2) is 17.8 Å². The molecule has 4 heteroatoms. The van der Waals surface area contributed by atoms with Crippen LogP contribution in [0.15, 0.2) is 12.7 Å². The van der Waals surface area contributed by atoms with Gasteiger partial charge in [0.25, 0.3) is 0 Å². The monoisotopic (exact) mass is 117 g/mol. The maximum Gasteiger partial charge on any atom is 0.348 e. The first-order valence-corrected chi connectivity index (χ1v) is 1.98. The van der Waals surface area contributed by atoms with E-state index in [0.29, 0.717) is 0 Å². The van der Waals surface area contributed by atoms with E-state index >= 15 is 0 Å². The molecule has 8 heavy (non-hydrogen) atoms. The van der Waals surface area contributed by atoms with Crippen molar-refractivity contribution in [3.8, 4) is 0 Å². The number of nitrogens with one attached hydrogen (secondary N) is 1. The minimum absolute atomic E-state index is 0.389. The van der Waals surface area contributed by atoms with Gasteiger partial charge in [-0.3, -0.25) is 0 Å². The summed E-state index contributed by atoms with van der Waals surface area (Å²) in [6, 6.07) is 0. The van der Waals surface area contributed by atoms with Gasteiger partial charge in [-0.25, -0.2) is 4.79 Å². The molecule has 0 atom stereocenters. The van der Waals surface area contributed by atoms with Gasteiger partial charge in [0.05, 0.1) is 0 Å². The van der Waals surface area contributed by atoms with Gasteiger partial charge in [-0.15, -0.1) is 5.48 Å². The predicted octanol–water partition coefficient (Wildman–Crippen LogP) is -0.830. The minimum atomic E-state index is -0.612. The quantitative estimate of drug-likeness (QED) is 0.288. The number of hydroxylamine groups is 1. The molecule has 46 valence electrons. The Labute approximate surface area is 46.7 Å². The maximum absolute atomic E-state index is 10.1. The highest BCUT2D eigenvalue weighted by Crippen LogP contribution is 1.69. The van der Waals surface area contributed by atoms with Crippen molar-refractivity contribution in [2.45, 2.75) is 0 Å². The number of aliphatic hydroxyl groups is 1. The van der Waals surface area contributed by atoms with Crippen LogP contribution >= 0.6 is 0 Å². The molecule has 0 aromatic carbocycles. The van der Waals surface area contributed by atoms with Crippen LogP contribution in [0.4, 0.5) is 0 Å². The highest BCUT2D eigenvalue weighted by Gasteiger charge is 1.89. The summed E-state index contributed by atoms with van der Waals surface area (Å²) in [4.78, 5) is 14.1. The fourth-order valence-electron chi connectivity index (χ4n) is 0.145. The Balaban J connectivity index is 3.11. The second-order valence-corrected chi connectivity index (χ2v) is 0.928. The predicted molar refractivity (Wildman–Crippen MR) is 26.5 cm³/mol. The lowest BCUT2D eigenvalue weighted by Crippen LogP contribution is -2.18. The molecule has 0 aliphatic carbocycles. The van der Waals surface area contributed by atoms with Crippen molar-refractivity contribution in [1.29, 1.82) is 0 Å². The van der Waals surface area contributed by atoms with Gasteiger partial charge in [0.15, 0.2) is 0 Å². The number of carbonyl (C=O) groups is 1. The van der Waals surface area contributed by atoms with Crippen LogP contribution < -0.4 is 5.48 Å². The van der Waals surface area contributed by atoms with Crippen LogP contribution in [0.5, 0.6) is 0 Å². The Hall–Kier alpha value is -0.870. The number of hydrogen-bond donors (Lipinski definition) is 2. The Morgan fingerprint density at radius 2 is 2.62 bits per heavy atom. The summed E-state index contributed by atoms with van der Waals surface area (Å²) in [5.74, 6) is -0.612. The first-order valence-electron chi connectivity index (χ1n) is 1.98. The molecule has 0 radical (unpaired) electrons. The van der Waals surface area contributed by atoms with E-state index in [-0.39, 0.29) is 6.73 Å². The fourth-order valence-corrected chi connectivity index (χ4v) is 0.145. The van der Waals surface area contributed by atoms with Gasteiger partial charge in [0.1, 0.15) is 6.73 Å². The maximum atomic E-state index is 10.1. The first kappa shape index (κ1) is 7.13. The molecule has 0 aromatic heterocycles. The van der Waals surface area contributed by atoms with Crippen molar-refractivity contribution in [2.75, 3.05) is 6.73 Å². The molecule has 4 nitrogen and oxygen atoms in total. The van der Waals surface area contributed by atoms with Crippen molar-refractivity contribution in [3.63, 3.8) is 0 Å². The second kappa shape index (κ2) is 4.29. The van der Waals surface area contributed by atoms with Gasteiger partial charge in [-0.05, 0) is 0 Å². The molecule has 0 unspecified atom stereocenters. The van der Waals surface area contributed by atoms with Crippen LogP contribution in [0, 0.1) is 0 Å². The molecule has 0 heterocycles. The molecule has 0 saturated carbocycles. The third-order valence-corrected chi connectivity index (χ3v) is 0.404. The van der Waals surface area contributed by atoms with Crippen molar-refractivity contribution < 1.29 is 14.7 Å². The van der Waals surface area contributed by atoms with Crippen LogP contribution in [0.2, 0.25) is 0 Å². The van der Waals surface area contributed by atoms with Gasteiger partial charge in [0.2, 0.25) is 0 Å². The third kappa shape index (κ3) is 3.32. The molecular formula is C4H7NO3. The van der Waals surface area contributed by atoms with E-state index in [9.17, 15) is 4.79 Å². The van der Waals surface area contributed by atoms with E-state index < -0.39 is 5.97 Å². The van der Waals surface area contributed by atoms with E-state index in [1.165, 1.54) is 0 Å². The normalized spacial score (nSPS) is 8.12. The first-order chi connectivity index (χ1) is 3.81. The lowest BCUT2D eigenvalue weighted by atomic mass is 10.7. The largest absolute Gasteiger partial charge is 0.378 e. The Morgan fingerprint density at radius 1 is 2.00 bits per heavy atom. The molecule has 0 aromatic rings. The van der Waals surface area contributed by atoms with Gasteiger partial charge in [-0.2, -0.15) is 0 Å². The average Bonchev–Trinajstić information content (AvgIpc) is 1.83. The zero-order chi connectivity index (χ0) is 6.41. The molecule has 0 saturated heterocycles. The molecular weight excluding hydrogens is 110 g/mol. The summed E-state index contributed by atoms with van der Waals surface area (Å²) < 4.78 is 0. The van der Waals surface area contributed by atoms with E-state index in [4.69, 9.17) is 5.11 Å². The smallest absolute Gasteiger partial charge is 0.348 e. The lowest BCUT2D eigenvalue weighted by molar-refractivity contribution is -0.147. The standard InChI is InChI=1S/C4H7NO3/c1-2-4(7)8-5-3-6/h2,5-6H,1,3H2. The van der Waals surface area contributed by atoms with Crippen molar-refractivity contribution in [2.24, 2.45) is 0 Å². The zero-order valence-corrected chi connectivity index (χ0v) is 4.26. The van der Waals surface area contributed by atoms with Crippen molar-refractivity contribution >= 4 is 5.97 Å². The minimum Gasteiger partial charge on any atom is -0.378 e. The number of rotatable bonds is 3. The van der Waals surface area contributed by atoms with Crippen molar-refractivity contribution in [1.82, 2.24) is 5.48 Å². The Morgan fingerprint density at radius 3 is 3.00 bits per heavy atom. The summed E-state index contributed by atoms with van der Waals surface area (Å²) >= 11 is 0. The van der Waals surface area contributed by atoms with Gasteiger partial charge in [-0.1, -0.05) is 6.58 Å². The van der Waals surface area contributed by atoms with Crippen molar-refractivity contribution in [3.05, 3.63) is 12.7 Å². The molecule has 0 fully saturated rings. The summed E-state index contributed by atoms with van der Waals surface area (Å²) in [5, 5.41) is 7.99. The van der Waals surface area contributed by atoms with Crippen LogP contribution in [0.3, 0.4) is 0 Å². The van der Waals surface area contributed by atoms with Crippen LogP contribution in [0.25, 0.3) is 0 Å². The van der Waals surface area contributed by atoms with E-state index in [2.05, 4.69) is 11.4 Å². The van der Waals surface area contributed by atoms with Gasteiger partial charge in [0, 0.05) is 6.08 Å². The number of carbonyl (C=O) groups excluding carboxylic acids is 1. The highest BCUT2D eigenvalue weighted by molar-refractivity contribution is 5.80. The van der Waals surface area contributed by atoms with Gasteiger partial charge >= 0.3 is 5.97 Å². The topological polar surface area (TPSA) is 58.6 Å². The average molecular weight is 117 g/mol. The SMILES string of the molecule is C=CC(=O)ONCO. The summed E-state index contributed by atoms with van der Waals surface area (Å²) in [6.07, 6.45) is 0.989. The van der Waals surface area contributed by atoms with Gasteiger partial charge < -0.3 is 9.94 Å². The molecule has 0 aliphatic heterocycles. The Kier molecular flexibility index (Phi) is 3.83. The number of hydrogen-bond acceptors (Lipinski definition) is 4. The third-order valence-electron chi connectivity index (χ3n) is 0.404. The van der Waals surface area contributed by atoms with Crippen LogP contribution in [0.1, 0.15) is 0 Å². The molecule has 0 aliphatic rings. The van der Waals surface area contributed by atoms with E-state index in [1.54, 1.807) is 0 Å². The molecule has 0 bridgehead atoms. The van der Waals surface area contributed by atoms with Crippen LogP contribution in [-0.2, 0) is 9.63 Å². The van der Waals surface area contributed by atoms with E-state index in [0.717, 1.165) is 6.08 Å².